The number of amides is 1. The molecular weight excluding hydrogens is 431 g/mol. The van der Waals surface area contributed by atoms with Crippen LogP contribution in [0.1, 0.15) is 16.2 Å². The Balaban J connectivity index is 1.79. The summed E-state index contributed by atoms with van der Waals surface area (Å²) in [6.07, 6.45) is 1.47. The molecule has 4 rings (SSSR count). The zero-order chi connectivity index (χ0) is 19.9. The summed E-state index contributed by atoms with van der Waals surface area (Å²) < 4.78 is 28.8. The number of thiophene rings is 1. The fourth-order valence-corrected chi connectivity index (χ4v) is 3.49. The summed E-state index contributed by atoms with van der Waals surface area (Å²) in [4.78, 5) is 21.3. The number of hydrogen-bond donors (Lipinski definition) is 1. The maximum absolute atomic E-state index is 14.0. The van der Waals surface area contributed by atoms with E-state index in [1.54, 1.807) is 29.6 Å². The summed E-state index contributed by atoms with van der Waals surface area (Å²) in [7, 11) is 0. The van der Waals surface area contributed by atoms with Gasteiger partial charge in [-0.3, -0.25) is 4.79 Å². The number of carbonyl (C=O) groups is 1. The third-order valence-electron chi connectivity index (χ3n) is 3.73. The first-order valence-electron chi connectivity index (χ1n) is 7.77. The van der Waals surface area contributed by atoms with Crippen molar-refractivity contribution in [2.75, 3.05) is 5.32 Å². The van der Waals surface area contributed by atoms with E-state index in [-0.39, 0.29) is 22.2 Å². The van der Waals surface area contributed by atoms with Crippen molar-refractivity contribution in [3.63, 3.8) is 0 Å². The normalized spacial score (nSPS) is 11.7. The Hall–Kier alpha value is -2.62. The second-order valence-corrected chi connectivity index (χ2v) is 7.38. The highest BCUT2D eigenvalue weighted by atomic mass is 35.5. The van der Waals surface area contributed by atoms with Crippen molar-refractivity contribution >= 4 is 51.8 Å². The minimum atomic E-state index is -3.71. The van der Waals surface area contributed by atoms with Gasteiger partial charge in [-0.2, -0.15) is 13.9 Å². The molecule has 11 heteroatoms. The molecular formula is C17H9Cl2F2N5OS. The van der Waals surface area contributed by atoms with Gasteiger partial charge in [-0.1, -0.05) is 17.7 Å². The fraction of sp³-hybridized carbons (Fsp3) is 0.0588. The van der Waals surface area contributed by atoms with Crippen LogP contribution >= 0.6 is 34.5 Å². The fourth-order valence-electron chi connectivity index (χ4n) is 2.50. The highest BCUT2D eigenvalue weighted by molar-refractivity contribution is 7.13. The van der Waals surface area contributed by atoms with E-state index in [1.165, 1.54) is 23.6 Å². The molecule has 0 radical (unpaired) electrons. The molecule has 0 aromatic carbocycles. The number of pyridine rings is 1. The first-order chi connectivity index (χ1) is 13.3. The number of alkyl halides is 3. The van der Waals surface area contributed by atoms with Gasteiger partial charge in [0.15, 0.2) is 16.5 Å². The predicted octanol–water partition coefficient (Wildman–Crippen LogP) is 5.05. The van der Waals surface area contributed by atoms with E-state index in [9.17, 15) is 13.6 Å². The average Bonchev–Trinajstić information content (AvgIpc) is 3.31. The summed E-state index contributed by atoms with van der Waals surface area (Å²) in [6, 6.07) is 9.10. The van der Waals surface area contributed by atoms with Gasteiger partial charge in [0.1, 0.15) is 5.69 Å². The Morgan fingerprint density at radius 3 is 2.75 bits per heavy atom. The van der Waals surface area contributed by atoms with Crippen molar-refractivity contribution in [1.82, 2.24) is 19.6 Å². The molecule has 0 fully saturated rings. The molecule has 0 aliphatic carbocycles. The van der Waals surface area contributed by atoms with E-state index in [2.05, 4.69) is 20.4 Å². The molecule has 0 bridgehead atoms. The topological polar surface area (TPSA) is 72.2 Å². The van der Waals surface area contributed by atoms with Crippen LogP contribution in [0, 0.1) is 0 Å². The number of rotatable bonds is 4. The third-order valence-corrected chi connectivity index (χ3v) is 5.12. The van der Waals surface area contributed by atoms with Gasteiger partial charge >= 0.3 is 5.38 Å². The molecule has 0 saturated heterocycles. The van der Waals surface area contributed by atoms with Crippen LogP contribution in [0.15, 0.2) is 48.0 Å². The highest BCUT2D eigenvalue weighted by Crippen LogP contribution is 2.35. The maximum Gasteiger partial charge on any atom is 0.364 e. The molecule has 4 aromatic rings. The standard InChI is InChI=1S/C17H9Cl2F2N5OS/c18-15-9(3-1-5-22-15)24-16(27)11-8-14-23-10(12-4-2-6-28-12)7-13(17(19,20)21)26(14)25-11/h1-8H,(H,24,27). The lowest BCUT2D eigenvalue weighted by Crippen LogP contribution is -2.15. The molecule has 0 unspecified atom stereocenters. The zero-order valence-corrected chi connectivity index (χ0v) is 16.1. The SMILES string of the molecule is O=C(Nc1cccnc1Cl)c1cc2nc(-c3cccs3)cc(C(F)(F)Cl)n2n1. The number of nitrogens with zero attached hydrogens (tertiary/aromatic N) is 4. The lowest BCUT2D eigenvalue weighted by Gasteiger charge is -2.11. The van der Waals surface area contributed by atoms with Crippen molar-refractivity contribution in [3.8, 4) is 10.6 Å². The Kier molecular flexibility index (Phi) is 4.74. The van der Waals surface area contributed by atoms with Gasteiger partial charge < -0.3 is 5.32 Å². The van der Waals surface area contributed by atoms with Crippen molar-refractivity contribution < 1.29 is 13.6 Å². The van der Waals surface area contributed by atoms with Gasteiger partial charge in [0, 0.05) is 12.3 Å². The van der Waals surface area contributed by atoms with E-state index in [1.807, 2.05) is 0 Å². The number of nitrogens with one attached hydrogen (secondary N) is 1. The Morgan fingerprint density at radius 1 is 1.25 bits per heavy atom. The zero-order valence-electron chi connectivity index (χ0n) is 13.7. The molecule has 4 aromatic heterocycles. The lowest BCUT2D eigenvalue weighted by atomic mass is 10.2. The minimum Gasteiger partial charge on any atom is -0.318 e. The molecule has 0 spiro atoms. The Labute approximate surface area is 170 Å². The van der Waals surface area contributed by atoms with Crippen LogP contribution in [0.5, 0.6) is 0 Å². The predicted molar refractivity (Wildman–Crippen MR) is 103 cm³/mol. The van der Waals surface area contributed by atoms with Gasteiger partial charge in [0.25, 0.3) is 5.91 Å². The summed E-state index contributed by atoms with van der Waals surface area (Å²) >= 11 is 12.5. The minimum absolute atomic E-state index is 0.0589. The van der Waals surface area contributed by atoms with Crippen LogP contribution in [0.3, 0.4) is 0 Å². The second-order valence-electron chi connectivity index (χ2n) is 5.60. The summed E-state index contributed by atoms with van der Waals surface area (Å²) in [5, 5.41) is 4.66. The molecule has 6 nitrogen and oxygen atoms in total. The first kappa shape index (κ1) is 18.7. The van der Waals surface area contributed by atoms with Crippen LogP contribution in [0.25, 0.3) is 16.2 Å². The quantitative estimate of drug-likeness (QED) is 0.356. The van der Waals surface area contributed by atoms with Gasteiger partial charge in [-0.05, 0) is 41.2 Å². The lowest BCUT2D eigenvalue weighted by molar-refractivity contribution is 0.0869. The van der Waals surface area contributed by atoms with Crippen LogP contribution in [0.4, 0.5) is 14.5 Å². The maximum atomic E-state index is 14.0. The van der Waals surface area contributed by atoms with Gasteiger partial charge in [-0.15, -0.1) is 11.3 Å². The Bertz CT molecular complexity index is 1170. The molecule has 0 aliphatic heterocycles. The molecule has 0 aliphatic rings. The van der Waals surface area contributed by atoms with Crippen molar-refractivity contribution in [1.29, 1.82) is 0 Å². The highest BCUT2D eigenvalue weighted by Gasteiger charge is 2.33. The average molecular weight is 440 g/mol. The van der Waals surface area contributed by atoms with Crippen LogP contribution in [-0.2, 0) is 5.38 Å². The van der Waals surface area contributed by atoms with Crippen LogP contribution < -0.4 is 5.32 Å². The smallest absolute Gasteiger partial charge is 0.318 e. The number of carbonyl (C=O) groups excluding carboxylic acids is 1. The molecule has 1 N–H and O–H groups in total. The van der Waals surface area contributed by atoms with Gasteiger partial charge in [0.05, 0.1) is 16.3 Å². The number of fused-ring (bicyclic) bond motifs is 1. The number of aromatic nitrogens is 4. The van der Waals surface area contributed by atoms with E-state index < -0.39 is 17.0 Å². The molecule has 142 valence electrons. The van der Waals surface area contributed by atoms with E-state index in [0.717, 1.165) is 10.6 Å². The van der Waals surface area contributed by atoms with Crippen molar-refractivity contribution in [2.24, 2.45) is 0 Å². The summed E-state index contributed by atoms with van der Waals surface area (Å²) in [5.74, 6) is -0.651. The summed E-state index contributed by atoms with van der Waals surface area (Å²) in [5.41, 5.74) is -0.0936. The van der Waals surface area contributed by atoms with Crippen molar-refractivity contribution in [2.45, 2.75) is 5.38 Å². The van der Waals surface area contributed by atoms with Crippen LogP contribution in [0.2, 0.25) is 5.15 Å². The van der Waals surface area contributed by atoms with E-state index in [4.69, 9.17) is 23.2 Å². The third kappa shape index (κ3) is 3.56. The van der Waals surface area contributed by atoms with Crippen molar-refractivity contribution in [3.05, 3.63) is 64.5 Å². The number of anilines is 1. The van der Waals surface area contributed by atoms with E-state index >= 15 is 0 Å². The monoisotopic (exact) mass is 439 g/mol. The van der Waals surface area contributed by atoms with Gasteiger partial charge in [-0.25, -0.2) is 14.5 Å². The first-order valence-corrected chi connectivity index (χ1v) is 9.40. The van der Waals surface area contributed by atoms with E-state index in [0.29, 0.717) is 10.6 Å². The van der Waals surface area contributed by atoms with Gasteiger partial charge in [0.2, 0.25) is 0 Å². The molecule has 1 amide bonds. The largest absolute Gasteiger partial charge is 0.364 e. The van der Waals surface area contributed by atoms with Crippen LogP contribution in [-0.4, -0.2) is 25.5 Å². The number of hydrogen-bond acceptors (Lipinski definition) is 5. The molecule has 4 heterocycles. The molecule has 0 atom stereocenters. The molecule has 28 heavy (non-hydrogen) atoms. The second kappa shape index (κ2) is 7.08. The molecule has 0 saturated carbocycles. The summed E-state index contributed by atoms with van der Waals surface area (Å²) in [6.45, 7) is 0. The number of halogens is 4. The Morgan fingerprint density at radius 2 is 2.07 bits per heavy atom.